The fourth-order valence-electron chi connectivity index (χ4n) is 3.65. The van der Waals surface area contributed by atoms with Crippen LogP contribution in [0.4, 0.5) is 5.95 Å². The van der Waals surface area contributed by atoms with E-state index >= 15 is 0 Å². The van der Waals surface area contributed by atoms with E-state index in [-0.39, 0.29) is 5.91 Å². The van der Waals surface area contributed by atoms with Crippen molar-refractivity contribution in [3.63, 3.8) is 0 Å². The van der Waals surface area contributed by atoms with Crippen LogP contribution in [0.25, 0.3) is 0 Å². The van der Waals surface area contributed by atoms with Gasteiger partial charge in [-0.3, -0.25) is 9.36 Å². The van der Waals surface area contributed by atoms with Crippen LogP contribution < -0.4 is 4.90 Å². The van der Waals surface area contributed by atoms with E-state index in [0.717, 1.165) is 50.1 Å². The molecule has 4 rings (SSSR count). The Labute approximate surface area is 170 Å². The first-order valence-corrected chi connectivity index (χ1v) is 11.0. The molecule has 0 aliphatic carbocycles. The van der Waals surface area contributed by atoms with E-state index in [1.807, 2.05) is 23.1 Å². The lowest BCUT2D eigenvalue weighted by molar-refractivity contribution is -0.129. The molecule has 2 aromatic rings. The number of rotatable bonds is 6. The third-order valence-electron chi connectivity index (χ3n) is 5.21. The van der Waals surface area contributed by atoms with Crippen LogP contribution in [0.3, 0.4) is 0 Å². The lowest BCUT2D eigenvalue weighted by Gasteiger charge is -2.28. The Hall–Kier alpha value is -2.06. The van der Waals surface area contributed by atoms with Gasteiger partial charge in [-0.15, -0.1) is 10.2 Å². The van der Waals surface area contributed by atoms with Gasteiger partial charge in [-0.25, -0.2) is 0 Å². The molecule has 8 heteroatoms. The van der Waals surface area contributed by atoms with Gasteiger partial charge in [-0.2, -0.15) is 0 Å². The van der Waals surface area contributed by atoms with Crippen LogP contribution in [0.15, 0.2) is 35.5 Å². The highest BCUT2D eigenvalue weighted by molar-refractivity contribution is 7.99. The number of carbonyl (C=O) groups is 1. The number of carbonyl (C=O) groups excluding carboxylic acids is 1. The van der Waals surface area contributed by atoms with Crippen LogP contribution in [-0.2, 0) is 16.1 Å². The monoisotopic (exact) mass is 401 g/mol. The number of anilines is 1. The van der Waals surface area contributed by atoms with Gasteiger partial charge >= 0.3 is 0 Å². The van der Waals surface area contributed by atoms with E-state index in [4.69, 9.17) is 4.74 Å². The zero-order valence-electron chi connectivity index (χ0n) is 16.1. The summed E-state index contributed by atoms with van der Waals surface area (Å²) in [6, 6.07) is 10.3. The number of ether oxygens (including phenoxy) is 1. The van der Waals surface area contributed by atoms with E-state index in [0.29, 0.717) is 25.5 Å². The number of benzene rings is 1. The average Bonchev–Trinajstić information content (AvgIpc) is 3.16. The molecule has 2 saturated heterocycles. The van der Waals surface area contributed by atoms with Crippen molar-refractivity contribution >= 4 is 23.6 Å². The van der Waals surface area contributed by atoms with Crippen molar-refractivity contribution in [3.05, 3.63) is 35.9 Å². The molecule has 28 heavy (non-hydrogen) atoms. The molecular weight excluding hydrogens is 374 g/mol. The second-order valence-electron chi connectivity index (χ2n) is 7.18. The van der Waals surface area contributed by atoms with Gasteiger partial charge in [-0.1, -0.05) is 42.1 Å². The molecule has 1 aromatic carbocycles. The minimum atomic E-state index is 0.201. The van der Waals surface area contributed by atoms with Gasteiger partial charge in [-0.05, 0) is 24.8 Å². The second kappa shape index (κ2) is 9.43. The topological polar surface area (TPSA) is 63.5 Å². The fourth-order valence-corrected chi connectivity index (χ4v) is 4.49. The Morgan fingerprint density at radius 3 is 2.50 bits per heavy atom. The molecule has 0 bridgehead atoms. The van der Waals surface area contributed by atoms with Crippen molar-refractivity contribution in [2.45, 2.75) is 31.0 Å². The first-order valence-electron chi connectivity index (χ1n) is 10.0. The highest BCUT2D eigenvalue weighted by Gasteiger charge is 2.23. The van der Waals surface area contributed by atoms with Crippen LogP contribution in [0.2, 0.25) is 0 Å². The molecule has 3 heterocycles. The summed E-state index contributed by atoms with van der Waals surface area (Å²) < 4.78 is 7.61. The van der Waals surface area contributed by atoms with Crippen molar-refractivity contribution in [2.24, 2.45) is 0 Å². The maximum atomic E-state index is 12.6. The van der Waals surface area contributed by atoms with Gasteiger partial charge < -0.3 is 14.5 Å². The lowest BCUT2D eigenvalue weighted by atomic mass is 10.1. The standard InChI is InChI=1S/C20H27N5O2S/c26-18(23-9-5-2-6-10-23)16-28-20-22-21-19(24-11-13-27-14-12-24)25(20)15-17-7-3-1-4-8-17/h1,3-4,7-8H,2,5-6,9-16H2. The SMILES string of the molecule is O=C(CSc1nnc(N2CCOCC2)n1Cc1ccccc1)N1CCCCC1. The number of morpholine rings is 1. The predicted molar refractivity (Wildman–Crippen MR) is 110 cm³/mol. The molecule has 0 atom stereocenters. The number of hydrogen-bond acceptors (Lipinski definition) is 6. The molecule has 0 unspecified atom stereocenters. The Kier molecular flexibility index (Phi) is 6.49. The zero-order chi connectivity index (χ0) is 19.2. The van der Waals surface area contributed by atoms with Gasteiger partial charge in [0.05, 0.1) is 25.5 Å². The Balaban J connectivity index is 1.50. The van der Waals surface area contributed by atoms with Gasteiger partial charge in [0.15, 0.2) is 5.16 Å². The van der Waals surface area contributed by atoms with Crippen LogP contribution in [0.1, 0.15) is 24.8 Å². The fraction of sp³-hybridized carbons (Fsp3) is 0.550. The maximum absolute atomic E-state index is 12.6. The summed E-state index contributed by atoms with van der Waals surface area (Å²) >= 11 is 1.49. The number of aromatic nitrogens is 3. The first kappa shape index (κ1) is 19.3. The molecule has 7 nitrogen and oxygen atoms in total. The van der Waals surface area contributed by atoms with E-state index in [1.54, 1.807) is 0 Å². The maximum Gasteiger partial charge on any atom is 0.233 e. The summed E-state index contributed by atoms with van der Waals surface area (Å²) in [6.07, 6.45) is 3.45. The van der Waals surface area contributed by atoms with Crippen molar-refractivity contribution in [3.8, 4) is 0 Å². The van der Waals surface area contributed by atoms with E-state index in [2.05, 4.69) is 31.8 Å². The summed E-state index contributed by atoms with van der Waals surface area (Å²) in [5.41, 5.74) is 1.20. The minimum absolute atomic E-state index is 0.201. The van der Waals surface area contributed by atoms with Crippen molar-refractivity contribution in [2.75, 3.05) is 50.0 Å². The molecule has 2 aliphatic heterocycles. The predicted octanol–water partition coefficient (Wildman–Crippen LogP) is 2.27. The Morgan fingerprint density at radius 2 is 1.75 bits per heavy atom. The van der Waals surface area contributed by atoms with Crippen LogP contribution in [0.5, 0.6) is 0 Å². The highest BCUT2D eigenvalue weighted by atomic mass is 32.2. The summed E-state index contributed by atoms with van der Waals surface area (Å²) in [4.78, 5) is 16.8. The highest BCUT2D eigenvalue weighted by Crippen LogP contribution is 2.25. The van der Waals surface area contributed by atoms with Crippen molar-refractivity contribution < 1.29 is 9.53 Å². The summed E-state index contributed by atoms with van der Waals surface area (Å²) in [6.45, 7) is 5.49. The normalized spacial score (nSPS) is 17.7. The number of thioether (sulfide) groups is 1. The summed E-state index contributed by atoms with van der Waals surface area (Å²) in [7, 11) is 0. The number of amides is 1. The van der Waals surface area contributed by atoms with Crippen LogP contribution in [-0.4, -0.2) is 70.7 Å². The van der Waals surface area contributed by atoms with Gasteiger partial charge in [0.25, 0.3) is 0 Å². The third-order valence-corrected chi connectivity index (χ3v) is 6.16. The molecule has 0 spiro atoms. The zero-order valence-corrected chi connectivity index (χ0v) is 16.9. The Morgan fingerprint density at radius 1 is 1.00 bits per heavy atom. The van der Waals surface area contributed by atoms with Crippen LogP contribution >= 0.6 is 11.8 Å². The van der Waals surface area contributed by atoms with Gasteiger partial charge in [0.2, 0.25) is 11.9 Å². The number of nitrogens with zero attached hydrogens (tertiary/aromatic N) is 5. The largest absolute Gasteiger partial charge is 0.378 e. The molecule has 0 N–H and O–H groups in total. The van der Waals surface area contributed by atoms with E-state index < -0.39 is 0 Å². The first-order chi connectivity index (χ1) is 13.8. The van der Waals surface area contributed by atoms with Crippen LogP contribution in [0, 0.1) is 0 Å². The number of piperidine rings is 1. The van der Waals surface area contributed by atoms with E-state index in [9.17, 15) is 4.79 Å². The van der Waals surface area contributed by atoms with Crippen molar-refractivity contribution in [1.29, 1.82) is 0 Å². The quantitative estimate of drug-likeness (QED) is 0.692. The second-order valence-corrected chi connectivity index (χ2v) is 8.13. The minimum Gasteiger partial charge on any atom is -0.378 e. The molecular formula is C20H27N5O2S. The third kappa shape index (κ3) is 4.67. The Bertz CT molecular complexity index is 770. The van der Waals surface area contributed by atoms with Crippen molar-refractivity contribution in [1.82, 2.24) is 19.7 Å². The molecule has 0 radical (unpaired) electrons. The molecule has 150 valence electrons. The average molecular weight is 402 g/mol. The summed E-state index contributed by atoms with van der Waals surface area (Å²) in [5.74, 6) is 1.47. The van der Waals surface area contributed by atoms with E-state index in [1.165, 1.54) is 23.7 Å². The summed E-state index contributed by atoms with van der Waals surface area (Å²) in [5, 5.41) is 9.69. The van der Waals surface area contributed by atoms with Gasteiger partial charge in [0.1, 0.15) is 0 Å². The molecule has 1 amide bonds. The number of hydrogen-bond donors (Lipinski definition) is 0. The number of likely N-dealkylation sites (tertiary alicyclic amines) is 1. The molecule has 2 fully saturated rings. The molecule has 0 saturated carbocycles. The molecule has 1 aromatic heterocycles. The molecule has 2 aliphatic rings. The van der Waals surface area contributed by atoms with Gasteiger partial charge in [0, 0.05) is 26.2 Å². The lowest BCUT2D eigenvalue weighted by Crippen LogP contribution is -2.38. The smallest absolute Gasteiger partial charge is 0.233 e.